The molecule has 2 atom stereocenters. The van der Waals surface area contributed by atoms with Gasteiger partial charge in [-0.2, -0.15) is 5.10 Å². The second-order valence-corrected chi connectivity index (χ2v) is 5.80. The fraction of sp³-hybridized carbons (Fsp3) is 0.500. The van der Waals surface area contributed by atoms with Gasteiger partial charge in [0.05, 0.1) is 23.6 Å². The van der Waals surface area contributed by atoms with Crippen molar-refractivity contribution in [2.75, 3.05) is 26.0 Å². The lowest BCUT2D eigenvalue weighted by atomic mass is 10.2. The number of pyridine rings is 1. The van der Waals surface area contributed by atoms with E-state index in [1.807, 2.05) is 6.07 Å². The van der Waals surface area contributed by atoms with Gasteiger partial charge in [0.25, 0.3) is 0 Å². The van der Waals surface area contributed by atoms with Crippen LogP contribution in [0.25, 0.3) is 10.9 Å². The highest BCUT2D eigenvalue weighted by Gasteiger charge is 2.27. The van der Waals surface area contributed by atoms with Crippen molar-refractivity contribution in [3.8, 4) is 0 Å². The molecule has 0 radical (unpaired) electrons. The third kappa shape index (κ3) is 2.30. The summed E-state index contributed by atoms with van der Waals surface area (Å²) in [6.07, 6.45) is 2.75. The zero-order valence-corrected chi connectivity index (χ0v) is 12.8. The summed E-state index contributed by atoms with van der Waals surface area (Å²) < 4.78 is 8.18. The van der Waals surface area contributed by atoms with Gasteiger partial charge in [0.15, 0.2) is 0 Å². The number of aromatic nitrogens is 3. The predicted molar refractivity (Wildman–Crippen MR) is 82.0 cm³/mol. The highest BCUT2D eigenvalue weighted by Crippen LogP contribution is 2.29. The Morgan fingerprint density at radius 3 is 3.26 bits per heavy atom. The van der Waals surface area contributed by atoms with Crippen molar-refractivity contribution in [2.45, 2.75) is 18.5 Å². The number of nitrogens with zero attached hydrogens (tertiary/aromatic N) is 3. The monoisotopic (exact) mass is 373 g/mol. The third-order valence-corrected chi connectivity index (χ3v) is 4.27. The summed E-state index contributed by atoms with van der Waals surface area (Å²) in [5.41, 5.74) is 7.00. The summed E-state index contributed by atoms with van der Waals surface area (Å²) in [6, 6.07) is 2.71. The van der Waals surface area contributed by atoms with Crippen molar-refractivity contribution in [3.63, 3.8) is 0 Å². The molecule has 0 bridgehead atoms. The molecule has 1 fully saturated rings. The SMILES string of the molecule is COC[C@H]1C[C@H](n2nc(I)c3c(N)nccc32)CN1. The number of hydrogen-bond donors (Lipinski definition) is 2. The van der Waals surface area contributed by atoms with E-state index in [4.69, 9.17) is 10.5 Å². The number of rotatable bonds is 3. The number of fused-ring (bicyclic) bond motifs is 1. The molecular weight excluding hydrogens is 357 g/mol. The molecule has 0 spiro atoms. The Morgan fingerprint density at radius 1 is 1.63 bits per heavy atom. The Kier molecular flexibility index (Phi) is 3.59. The molecule has 0 aromatic carbocycles. The number of halogens is 1. The first-order chi connectivity index (χ1) is 9.20. The van der Waals surface area contributed by atoms with Gasteiger partial charge in [0.1, 0.15) is 9.52 Å². The lowest BCUT2D eigenvalue weighted by molar-refractivity contribution is 0.172. The predicted octanol–water partition coefficient (Wildman–Crippen LogP) is 1.17. The van der Waals surface area contributed by atoms with Gasteiger partial charge in [0.2, 0.25) is 0 Å². The zero-order chi connectivity index (χ0) is 13.4. The van der Waals surface area contributed by atoms with Crippen LogP contribution in [0.3, 0.4) is 0 Å². The van der Waals surface area contributed by atoms with Crippen molar-refractivity contribution >= 4 is 39.3 Å². The number of anilines is 1. The average Bonchev–Trinajstić information content (AvgIpc) is 2.96. The van der Waals surface area contributed by atoms with Crippen LogP contribution in [-0.4, -0.2) is 41.1 Å². The zero-order valence-electron chi connectivity index (χ0n) is 10.6. The van der Waals surface area contributed by atoms with Gasteiger partial charge in [-0.05, 0) is 35.1 Å². The molecule has 102 valence electrons. The van der Waals surface area contributed by atoms with E-state index in [2.05, 4.69) is 42.7 Å². The molecule has 0 amide bonds. The number of nitrogens with two attached hydrogens (primary N) is 1. The minimum atomic E-state index is 0.341. The van der Waals surface area contributed by atoms with Crippen LogP contribution in [-0.2, 0) is 4.74 Å². The minimum absolute atomic E-state index is 0.341. The lowest BCUT2D eigenvalue weighted by Gasteiger charge is -2.11. The molecule has 3 N–H and O–H groups in total. The maximum absolute atomic E-state index is 5.94. The van der Waals surface area contributed by atoms with Gasteiger partial charge in [-0.1, -0.05) is 0 Å². The molecule has 1 aliphatic heterocycles. The highest BCUT2D eigenvalue weighted by molar-refractivity contribution is 14.1. The molecule has 1 saturated heterocycles. The van der Waals surface area contributed by atoms with Crippen molar-refractivity contribution in [2.24, 2.45) is 0 Å². The number of nitrogen functional groups attached to an aromatic ring is 1. The molecular formula is C12H16IN5O. The summed E-state index contributed by atoms with van der Waals surface area (Å²) in [5.74, 6) is 0.549. The molecule has 6 nitrogen and oxygen atoms in total. The lowest BCUT2D eigenvalue weighted by Crippen LogP contribution is -2.25. The standard InChI is InChI=1S/C12H16IN5O/c1-19-6-7-4-8(5-16-7)18-9-2-3-15-12(14)10(9)11(13)17-18/h2-3,7-8,16H,4-6H2,1H3,(H2,14,15)/t7-,8+/m1/s1. The van der Waals surface area contributed by atoms with Gasteiger partial charge < -0.3 is 15.8 Å². The third-order valence-electron chi connectivity index (χ3n) is 3.52. The van der Waals surface area contributed by atoms with Crippen molar-refractivity contribution in [3.05, 3.63) is 16.0 Å². The fourth-order valence-electron chi connectivity index (χ4n) is 2.66. The molecule has 2 aromatic rings. The fourth-order valence-corrected chi connectivity index (χ4v) is 3.44. The van der Waals surface area contributed by atoms with Crippen LogP contribution in [0.2, 0.25) is 0 Å². The molecule has 3 rings (SSSR count). The molecule has 0 saturated carbocycles. The topological polar surface area (TPSA) is 78.0 Å². The maximum Gasteiger partial charge on any atom is 0.135 e. The van der Waals surface area contributed by atoms with E-state index in [1.165, 1.54) is 0 Å². The summed E-state index contributed by atoms with van der Waals surface area (Å²) in [7, 11) is 1.73. The van der Waals surface area contributed by atoms with Crippen LogP contribution >= 0.6 is 22.6 Å². The Balaban J connectivity index is 1.96. The smallest absolute Gasteiger partial charge is 0.135 e. The van der Waals surface area contributed by atoms with E-state index in [0.717, 1.165) is 34.2 Å². The normalized spacial score (nSPS) is 23.3. The van der Waals surface area contributed by atoms with Crippen LogP contribution in [0.5, 0.6) is 0 Å². The van der Waals surface area contributed by atoms with Crippen molar-refractivity contribution in [1.29, 1.82) is 0 Å². The Bertz CT molecular complexity index is 599. The number of nitrogens with one attached hydrogen (secondary N) is 1. The Hall–Kier alpha value is -0.930. The van der Waals surface area contributed by atoms with E-state index in [1.54, 1.807) is 13.3 Å². The van der Waals surface area contributed by atoms with Crippen LogP contribution in [0.4, 0.5) is 5.82 Å². The minimum Gasteiger partial charge on any atom is -0.383 e. The number of methoxy groups -OCH3 is 1. The van der Waals surface area contributed by atoms with Crippen LogP contribution in [0, 0.1) is 3.70 Å². The van der Waals surface area contributed by atoms with Crippen LogP contribution < -0.4 is 11.1 Å². The average molecular weight is 373 g/mol. The molecule has 19 heavy (non-hydrogen) atoms. The summed E-state index contributed by atoms with van der Waals surface area (Å²) in [4.78, 5) is 4.14. The second kappa shape index (κ2) is 5.22. The van der Waals surface area contributed by atoms with Crippen LogP contribution in [0.15, 0.2) is 12.3 Å². The molecule has 0 unspecified atom stereocenters. The summed E-state index contributed by atoms with van der Waals surface area (Å²) >= 11 is 2.22. The largest absolute Gasteiger partial charge is 0.383 e. The van der Waals surface area contributed by atoms with Crippen molar-refractivity contribution in [1.82, 2.24) is 20.1 Å². The Labute approximate surface area is 124 Å². The highest BCUT2D eigenvalue weighted by atomic mass is 127. The Morgan fingerprint density at radius 2 is 2.47 bits per heavy atom. The van der Waals surface area contributed by atoms with Gasteiger partial charge in [-0.3, -0.25) is 4.68 Å². The van der Waals surface area contributed by atoms with E-state index in [-0.39, 0.29) is 0 Å². The van der Waals surface area contributed by atoms with Gasteiger partial charge >= 0.3 is 0 Å². The van der Waals surface area contributed by atoms with Crippen LogP contribution in [0.1, 0.15) is 12.5 Å². The van der Waals surface area contributed by atoms with E-state index in [9.17, 15) is 0 Å². The first-order valence-corrected chi connectivity index (χ1v) is 7.29. The summed E-state index contributed by atoms with van der Waals surface area (Å²) in [5, 5.41) is 9.05. The van der Waals surface area contributed by atoms with Crippen molar-refractivity contribution < 1.29 is 4.74 Å². The molecule has 7 heteroatoms. The first kappa shape index (κ1) is 13.1. The quantitative estimate of drug-likeness (QED) is 0.790. The van der Waals surface area contributed by atoms with Gasteiger partial charge in [-0.15, -0.1) is 0 Å². The summed E-state index contributed by atoms with van der Waals surface area (Å²) in [6.45, 7) is 1.64. The first-order valence-electron chi connectivity index (χ1n) is 6.21. The number of ether oxygens (including phenoxy) is 1. The molecule has 0 aliphatic carbocycles. The molecule has 2 aromatic heterocycles. The second-order valence-electron chi connectivity index (χ2n) is 4.78. The van der Waals surface area contributed by atoms with E-state index in [0.29, 0.717) is 17.9 Å². The van der Waals surface area contributed by atoms with E-state index >= 15 is 0 Å². The van der Waals surface area contributed by atoms with E-state index < -0.39 is 0 Å². The molecule has 1 aliphatic rings. The van der Waals surface area contributed by atoms with Gasteiger partial charge in [0, 0.05) is 25.9 Å². The number of hydrogen-bond acceptors (Lipinski definition) is 5. The maximum atomic E-state index is 5.94. The molecule has 3 heterocycles. The van der Waals surface area contributed by atoms with Gasteiger partial charge in [-0.25, -0.2) is 4.98 Å².